The fourth-order valence-corrected chi connectivity index (χ4v) is 3.44. The highest BCUT2D eigenvalue weighted by molar-refractivity contribution is 5.94. The number of β-amino-alcohol motifs (C(OH)–C–C–N with tert-alkyl or cyclic N) is 1. The van der Waals surface area contributed by atoms with Crippen LogP contribution >= 0.6 is 0 Å². The van der Waals surface area contributed by atoms with Gasteiger partial charge < -0.3 is 15.3 Å². The Bertz CT molecular complexity index is 1120. The molecule has 1 saturated carbocycles. The third-order valence-electron chi connectivity index (χ3n) is 5.17. The number of rotatable bonds is 4. The van der Waals surface area contributed by atoms with E-state index in [4.69, 9.17) is 0 Å². The minimum absolute atomic E-state index is 0.0232. The molecule has 0 radical (unpaired) electrons. The van der Waals surface area contributed by atoms with Gasteiger partial charge in [-0.1, -0.05) is 0 Å². The van der Waals surface area contributed by atoms with Crippen LogP contribution in [-0.4, -0.2) is 44.8 Å². The van der Waals surface area contributed by atoms with E-state index in [2.05, 4.69) is 21.5 Å². The molecule has 8 nitrogen and oxygen atoms in total. The second-order valence-corrected chi connectivity index (χ2v) is 7.34. The van der Waals surface area contributed by atoms with E-state index < -0.39 is 0 Å². The van der Waals surface area contributed by atoms with Crippen molar-refractivity contribution in [2.75, 3.05) is 23.3 Å². The van der Waals surface area contributed by atoms with Gasteiger partial charge in [-0.25, -0.2) is 9.50 Å². The summed E-state index contributed by atoms with van der Waals surface area (Å²) < 4.78 is 1.71. The van der Waals surface area contributed by atoms with Gasteiger partial charge in [-0.15, -0.1) is 0 Å². The van der Waals surface area contributed by atoms with Gasteiger partial charge in [-0.2, -0.15) is 10.4 Å². The minimum Gasteiger partial charge on any atom is -0.389 e. The average Bonchev–Trinajstić information content (AvgIpc) is 3.45. The number of pyridine rings is 2. The number of nitriles is 1. The van der Waals surface area contributed by atoms with E-state index >= 15 is 0 Å². The maximum absolute atomic E-state index is 12.0. The Labute approximate surface area is 161 Å². The number of amides is 1. The van der Waals surface area contributed by atoms with E-state index in [9.17, 15) is 15.2 Å². The van der Waals surface area contributed by atoms with Crippen molar-refractivity contribution < 1.29 is 9.90 Å². The first-order valence-electron chi connectivity index (χ1n) is 9.24. The van der Waals surface area contributed by atoms with E-state index in [1.807, 2.05) is 29.3 Å². The van der Waals surface area contributed by atoms with Crippen LogP contribution in [0.15, 0.2) is 36.7 Å². The summed E-state index contributed by atoms with van der Waals surface area (Å²) in [5.41, 5.74) is 3.86. The lowest BCUT2D eigenvalue weighted by Gasteiger charge is -2.38. The summed E-state index contributed by atoms with van der Waals surface area (Å²) in [6.45, 7) is 1.10. The molecule has 4 heterocycles. The zero-order valence-electron chi connectivity index (χ0n) is 15.0. The largest absolute Gasteiger partial charge is 0.389 e. The molecule has 1 amide bonds. The Hall–Kier alpha value is -3.44. The number of aliphatic hydroxyl groups is 1. The van der Waals surface area contributed by atoms with Crippen LogP contribution in [0.25, 0.3) is 16.6 Å². The van der Waals surface area contributed by atoms with Gasteiger partial charge in [0, 0.05) is 36.8 Å². The van der Waals surface area contributed by atoms with Crippen LogP contribution in [0.2, 0.25) is 0 Å². The number of aromatic nitrogens is 3. The van der Waals surface area contributed by atoms with E-state index in [-0.39, 0.29) is 17.9 Å². The Morgan fingerprint density at radius 1 is 1.29 bits per heavy atom. The topological polar surface area (TPSA) is 107 Å². The Kier molecular flexibility index (Phi) is 3.77. The number of nitrogens with zero attached hydrogens (tertiary/aromatic N) is 5. The Balaban J connectivity index is 1.51. The number of anilines is 2. The van der Waals surface area contributed by atoms with Crippen LogP contribution in [0.5, 0.6) is 0 Å². The molecule has 8 heteroatoms. The number of fused-ring (bicyclic) bond motifs is 1. The molecule has 1 aliphatic heterocycles. The van der Waals surface area contributed by atoms with Gasteiger partial charge in [-0.05, 0) is 36.6 Å². The van der Waals surface area contributed by atoms with Gasteiger partial charge in [0.15, 0.2) is 5.82 Å². The first-order valence-corrected chi connectivity index (χ1v) is 9.24. The van der Waals surface area contributed by atoms with Crippen molar-refractivity contribution in [1.29, 1.82) is 5.26 Å². The fraction of sp³-hybridized carbons (Fsp3) is 0.300. The Morgan fingerprint density at radius 3 is 2.82 bits per heavy atom. The van der Waals surface area contributed by atoms with Crippen LogP contribution in [0.3, 0.4) is 0 Å². The van der Waals surface area contributed by atoms with E-state index in [0.717, 1.165) is 35.2 Å². The predicted octanol–water partition coefficient (Wildman–Crippen LogP) is 1.80. The first-order chi connectivity index (χ1) is 13.6. The molecule has 2 N–H and O–H groups in total. The Morgan fingerprint density at radius 2 is 2.11 bits per heavy atom. The summed E-state index contributed by atoms with van der Waals surface area (Å²) in [5, 5.41) is 26.1. The average molecular weight is 374 g/mol. The van der Waals surface area contributed by atoms with Gasteiger partial charge in [0.25, 0.3) is 0 Å². The van der Waals surface area contributed by atoms with E-state index in [0.29, 0.717) is 24.6 Å². The van der Waals surface area contributed by atoms with Gasteiger partial charge in [0.1, 0.15) is 11.8 Å². The van der Waals surface area contributed by atoms with Gasteiger partial charge in [-0.3, -0.25) is 4.79 Å². The van der Waals surface area contributed by atoms with Crippen LogP contribution in [-0.2, 0) is 4.79 Å². The van der Waals surface area contributed by atoms with Crippen LogP contribution in [0, 0.1) is 17.2 Å². The summed E-state index contributed by atoms with van der Waals surface area (Å²) in [6, 6.07) is 9.57. The molecule has 0 bridgehead atoms. The number of aliphatic hydroxyl groups excluding tert-OH is 1. The molecular weight excluding hydrogens is 356 g/mol. The molecule has 28 heavy (non-hydrogen) atoms. The van der Waals surface area contributed by atoms with Crippen LogP contribution in [0.4, 0.5) is 11.5 Å². The zero-order chi connectivity index (χ0) is 19.3. The molecule has 3 aromatic rings. The maximum Gasteiger partial charge on any atom is 0.228 e. The smallest absolute Gasteiger partial charge is 0.228 e. The number of carbonyl (C=O) groups excluding carboxylic acids is 1. The second-order valence-electron chi connectivity index (χ2n) is 7.34. The van der Waals surface area contributed by atoms with Crippen molar-refractivity contribution in [2.45, 2.75) is 18.9 Å². The highest BCUT2D eigenvalue weighted by Gasteiger charge is 2.30. The lowest BCUT2D eigenvalue weighted by Crippen LogP contribution is -2.51. The van der Waals surface area contributed by atoms with Gasteiger partial charge in [0.2, 0.25) is 5.91 Å². The minimum atomic E-state index is -0.335. The van der Waals surface area contributed by atoms with Crippen molar-refractivity contribution in [3.63, 3.8) is 0 Å². The molecule has 1 aliphatic carbocycles. The molecular formula is C20H18N6O2. The molecule has 2 fully saturated rings. The quantitative estimate of drug-likeness (QED) is 0.721. The molecule has 0 unspecified atom stereocenters. The van der Waals surface area contributed by atoms with Gasteiger partial charge >= 0.3 is 0 Å². The number of hydrogen-bond acceptors (Lipinski definition) is 6. The summed E-state index contributed by atoms with van der Waals surface area (Å²) in [7, 11) is 0. The third-order valence-corrected chi connectivity index (χ3v) is 5.17. The molecule has 3 aromatic heterocycles. The normalized spacial score (nSPS) is 16.6. The van der Waals surface area contributed by atoms with Crippen molar-refractivity contribution in [1.82, 2.24) is 14.6 Å². The van der Waals surface area contributed by atoms with E-state index in [1.165, 1.54) is 0 Å². The third kappa shape index (κ3) is 2.96. The molecule has 5 rings (SSSR count). The summed E-state index contributed by atoms with van der Waals surface area (Å²) in [4.78, 5) is 18.2. The van der Waals surface area contributed by atoms with E-state index in [1.54, 1.807) is 16.8 Å². The number of hydrogen-bond donors (Lipinski definition) is 2. The van der Waals surface area contributed by atoms with Gasteiger partial charge in [0.05, 0.1) is 23.5 Å². The molecule has 1 saturated heterocycles. The lowest BCUT2D eigenvalue weighted by molar-refractivity contribution is -0.117. The molecule has 0 spiro atoms. The van der Waals surface area contributed by atoms with Crippen molar-refractivity contribution in [3.8, 4) is 17.2 Å². The monoisotopic (exact) mass is 374 g/mol. The summed E-state index contributed by atoms with van der Waals surface area (Å²) >= 11 is 0. The fourth-order valence-electron chi connectivity index (χ4n) is 3.44. The summed E-state index contributed by atoms with van der Waals surface area (Å²) in [6.07, 6.45) is 5.07. The van der Waals surface area contributed by atoms with Crippen LogP contribution < -0.4 is 10.2 Å². The second kappa shape index (κ2) is 6.32. The molecule has 0 atom stereocenters. The van der Waals surface area contributed by atoms with Crippen molar-refractivity contribution in [3.05, 3.63) is 42.4 Å². The maximum atomic E-state index is 12.0. The highest BCUT2D eigenvalue weighted by atomic mass is 16.3. The van der Waals surface area contributed by atoms with Crippen molar-refractivity contribution >= 4 is 22.9 Å². The predicted molar refractivity (Wildman–Crippen MR) is 103 cm³/mol. The molecule has 0 aromatic carbocycles. The SMILES string of the molecule is N#Cc1cc(-c2ccn3nc(NC(=O)C4CC4)cc3c2)c(N2CC(O)C2)cn1. The zero-order valence-corrected chi connectivity index (χ0v) is 15.0. The number of nitrogens with one attached hydrogen (secondary N) is 1. The highest BCUT2D eigenvalue weighted by Crippen LogP contribution is 2.34. The molecule has 2 aliphatic rings. The number of carbonyl (C=O) groups is 1. The molecule has 140 valence electrons. The standard InChI is InChI=1S/C20H18N6O2/c21-8-14-6-17(18(9-22-14)25-10-16(27)11-25)13-3-4-26-15(5-13)7-19(24-26)23-20(28)12-1-2-12/h3-7,9,12,16,27H,1-2,10-11H2,(H,23,24,28). The first kappa shape index (κ1) is 16.7. The lowest BCUT2D eigenvalue weighted by atomic mass is 10.0. The van der Waals surface area contributed by atoms with Crippen LogP contribution in [0.1, 0.15) is 18.5 Å². The summed E-state index contributed by atoms with van der Waals surface area (Å²) in [5.74, 6) is 0.679. The van der Waals surface area contributed by atoms with Crippen molar-refractivity contribution in [2.24, 2.45) is 5.92 Å².